The van der Waals surface area contributed by atoms with Gasteiger partial charge in [-0.15, -0.1) is 0 Å². The van der Waals surface area contributed by atoms with Crippen molar-refractivity contribution in [2.24, 2.45) is 5.73 Å². The number of benzene rings is 1. The largest absolute Gasteiger partial charge is 0.508 e. The number of phenols is 1. The Balaban J connectivity index is 1.96. The Labute approximate surface area is 101 Å². The monoisotopic (exact) mass is 228 g/mol. The van der Waals surface area contributed by atoms with E-state index in [1.807, 2.05) is 30.3 Å². The predicted octanol–water partition coefficient (Wildman–Crippen LogP) is 1.90. The summed E-state index contributed by atoms with van der Waals surface area (Å²) in [7, 11) is 0. The average Bonchev–Trinajstić information content (AvgIpc) is 2.30. The van der Waals surface area contributed by atoms with Gasteiger partial charge in [-0.3, -0.25) is 4.98 Å². The first kappa shape index (κ1) is 11.6. The Morgan fingerprint density at radius 1 is 1.12 bits per heavy atom. The lowest BCUT2D eigenvalue weighted by atomic mass is 10.0. The van der Waals surface area contributed by atoms with Crippen LogP contribution in [0.15, 0.2) is 48.7 Å². The number of aromatic nitrogens is 1. The topological polar surface area (TPSA) is 59.1 Å². The summed E-state index contributed by atoms with van der Waals surface area (Å²) in [6, 6.07) is 13.1. The zero-order valence-corrected chi connectivity index (χ0v) is 9.58. The van der Waals surface area contributed by atoms with Crippen LogP contribution in [0.1, 0.15) is 11.3 Å². The molecule has 88 valence electrons. The maximum Gasteiger partial charge on any atom is 0.115 e. The van der Waals surface area contributed by atoms with Gasteiger partial charge in [-0.1, -0.05) is 18.2 Å². The van der Waals surface area contributed by atoms with E-state index in [2.05, 4.69) is 4.98 Å². The summed E-state index contributed by atoms with van der Waals surface area (Å²) in [6.07, 6.45) is 3.26. The lowest BCUT2D eigenvalue weighted by Crippen LogP contribution is -2.25. The van der Waals surface area contributed by atoms with Crippen LogP contribution in [0.2, 0.25) is 0 Å². The van der Waals surface area contributed by atoms with E-state index >= 15 is 0 Å². The molecule has 1 unspecified atom stereocenters. The first-order valence-electron chi connectivity index (χ1n) is 5.67. The van der Waals surface area contributed by atoms with Crippen molar-refractivity contribution >= 4 is 0 Å². The Kier molecular flexibility index (Phi) is 3.73. The number of nitrogens with zero attached hydrogens (tertiary/aromatic N) is 1. The van der Waals surface area contributed by atoms with Crippen LogP contribution in [0, 0.1) is 0 Å². The molecule has 0 aliphatic carbocycles. The van der Waals surface area contributed by atoms with Crippen LogP contribution in [-0.4, -0.2) is 16.1 Å². The molecule has 0 fully saturated rings. The van der Waals surface area contributed by atoms with E-state index in [9.17, 15) is 5.11 Å². The highest BCUT2D eigenvalue weighted by atomic mass is 16.3. The van der Waals surface area contributed by atoms with Crippen molar-refractivity contribution in [3.05, 3.63) is 59.9 Å². The number of rotatable bonds is 4. The van der Waals surface area contributed by atoms with E-state index in [-0.39, 0.29) is 11.8 Å². The first-order chi connectivity index (χ1) is 8.24. The fourth-order valence-corrected chi connectivity index (χ4v) is 1.85. The molecule has 1 aromatic heterocycles. The van der Waals surface area contributed by atoms with E-state index in [1.165, 1.54) is 0 Å². The zero-order chi connectivity index (χ0) is 12.1. The van der Waals surface area contributed by atoms with E-state index in [0.717, 1.165) is 24.1 Å². The van der Waals surface area contributed by atoms with Gasteiger partial charge in [0.2, 0.25) is 0 Å². The van der Waals surface area contributed by atoms with Gasteiger partial charge in [-0.25, -0.2) is 0 Å². The number of phenolic OH excluding ortho intramolecular Hbond substituents is 1. The van der Waals surface area contributed by atoms with Crippen molar-refractivity contribution in [2.45, 2.75) is 18.9 Å². The van der Waals surface area contributed by atoms with E-state index in [1.54, 1.807) is 18.3 Å². The molecule has 1 aromatic carbocycles. The molecule has 0 aliphatic heterocycles. The van der Waals surface area contributed by atoms with Crippen molar-refractivity contribution in [3.8, 4) is 5.75 Å². The van der Waals surface area contributed by atoms with Gasteiger partial charge >= 0.3 is 0 Å². The Bertz CT molecular complexity index is 471. The molecule has 1 atom stereocenters. The molecular formula is C14H16N2O. The fourth-order valence-electron chi connectivity index (χ4n) is 1.85. The minimum absolute atomic E-state index is 0.0201. The number of hydrogen-bond acceptors (Lipinski definition) is 3. The van der Waals surface area contributed by atoms with E-state index < -0.39 is 0 Å². The second-order valence-corrected chi connectivity index (χ2v) is 4.16. The molecule has 0 aliphatic rings. The fraction of sp³-hybridized carbons (Fsp3) is 0.214. The Hall–Kier alpha value is -1.87. The molecular weight excluding hydrogens is 212 g/mol. The summed E-state index contributed by atoms with van der Waals surface area (Å²) >= 11 is 0. The molecule has 17 heavy (non-hydrogen) atoms. The maximum atomic E-state index is 9.36. The van der Waals surface area contributed by atoms with Crippen LogP contribution in [0.25, 0.3) is 0 Å². The SMILES string of the molecule is NC(Cc1cccc(O)c1)Cc1ccccn1. The van der Waals surface area contributed by atoms with Crippen LogP contribution in [0.4, 0.5) is 0 Å². The average molecular weight is 228 g/mol. The second kappa shape index (κ2) is 5.46. The molecule has 2 aromatic rings. The van der Waals surface area contributed by atoms with Crippen LogP contribution in [0.5, 0.6) is 5.75 Å². The molecule has 0 radical (unpaired) electrons. The van der Waals surface area contributed by atoms with Gasteiger partial charge in [0.15, 0.2) is 0 Å². The third-order valence-corrected chi connectivity index (χ3v) is 2.61. The molecule has 1 heterocycles. The molecule has 3 heteroatoms. The highest BCUT2D eigenvalue weighted by Crippen LogP contribution is 2.13. The molecule has 0 bridgehead atoms. The number of aromatic hydroxyl groups is 1. The third-order valence-electron chi connectivity index (χ3n) is 2.61. The number of hydrogen-bond donors (Lipinski definition) is 2. The van der Waals surface area contributed by atoms with Gasteiger partial charge < -0.3 is 10.8 Å². The first-order valence-corrected chi connectivity index (χ1v) is 5.67. The Morgan fingerprint density at radius 3 is 2.71 bits per heavy atom. The summed E-state index contributed by atoms with van der Waals surface area (Å²) in [5.74, 6) is 0.285. The van der Waals surface area contributed by atoms with Gasteiger partial charge in [0.25, 0.3) is 0 Å². The third kappa shape index (κ3) is 3.57. The summed E-state index contributed by atoms with van der Waals surface area (Å²) in [5.41, 5.74) is 8.12. The van der Waals surface area contributed by atoms with Gasteiger partial charge in [-0.2, -0.15) is 0 Å². The lowest BCUT2D eigenvalue weighted by Gasteiger charge is -2.11. The quantitative estimate of drug-likeness (QED) is 0.840. The highest BCUT2D eigenvalue weighted by Gasteiger charge is 2.06. The van der Waals surface area contributed by atoms with E-state index in [0.29, 0.717) is 0 Å². The van der Waals surface area contributed by atoms with Crippen molar-refractivity contribution in [1.82, 2.24) is 4.98 Å². The molecule has 3 nitrogen and oxygen atoms in total. The van der Waals surface area contributed by atoms with Gasteiger partial charge in [0.1, 0.15) is 5.75 Å². The Morgan fingerprint density at radius 2 is 2.00 bits per heavy atom. The molecule has 2 rings (SSSR count). The molecule has 0 saturated heterocycles. The van der Waals surface area contributed by atoms with Crippen molar-refractivity contribution in [2.75, 3.05) is 0 Å². The van der Waals surface area contributed by atoms with Crippen LogP contribution in [0.3, 0.4) is 0 Å². The minimum Gasteiger partial charge on any atom is -0.508 e. The standard InChI is InChI=1S/C14H16N2O/c15-12(10-13-5-1-2-7-16-13)8-11-4-3-6-14(17)9-11/h1-7,9,12,17H,8,10,15H2. The van der Waals surface area contributed by atoms with Crippen molar-refractivity contribution < 1.29 is 5.11 Å². The van der Waals surface area contributed by atoms with Crippen molar-refractivity contribution in [1.29, 1.82) is 0 Å². The summed E-state index contributed by atoms with van der Waals surface area (Å²) in [4.78, 5) is 4.25. The molecule has 3 N–H and O–H groups in total. The van der Waals surface area contributed by atoms with Crippen LogP contribution < -0.4 is 5.73 Å². The molecule has 0 spiro atoms. The molecule has 0 amide bonds. The van der Waals surface area contributed by atoms with Crippen LogP contribution in [-0.2, 0) is 12.8 Å². The number of pyridine rings is 1. The lowest BCUT2D eigenvalue weighted by molar-refractivity contribution is 0.474. The maximum absolute atomic E-state index is 9.36. The van der Waals surface area contributed by atoms with E-state index in [4.69, 9.17) is 5.73 Å². The van der Waals surface area contributed by atoms with Gasteiger partial charge in [0, 0.05) is 24.4 Å². The molecule has 0 saturated carbocycles. The van der Waals surface area contributed by atoms with Crippen LogP contribution >= 0.6 is 0 Å². The number of nitrogens with two attached hydrogens (primary N) is 1. The smallest absolute Gasteiger partial charge is 0.115 e. The second-order valence-electron chi connectivity index (χ2n) is 4.16. The van der Waals surface area contributed by atoms with Gasteiger partial charge in [0.05, 0.1) is 0 Å². The minimum atomic E-state index is 0.0201. The normalized spacial score (nSPS) is 12.3. The summed E-state index contributed by atoms with van der Waals surface area (Å²) < 4.78 is 0. The summed E-state index contributed by atoms with van der Waals surface area (Å²) in [5, 5.41) is 9.36. The predicted molar refractivity (Wildman–Crippen MR) is 67.7 cm³/mol. The highest BCUT2D eigenvalue weighted by molar-refractivity contribution is 5.27. The van der Waals surface area contributed by atoms with Crippen molar-refractivity contribution in [3.63, 3.8) is 0 Å². The van der Waals surface area contributed by atoms with Gasteiger partial charge in [-0.05, 0) is 36.2 Å². The summed E-state index contributed by atoms with van der Waals surface area (Å²) in [6.45, 7) is 0. The zero-order valence-electron chi connectivity index (χ0n) is 9.58.